The Hall–Kier alpha value is -2.34. The zero-order valence-corrected chi connectivity index (χ0v) is 14.1. The fourth-order valence-electron chi connectivity index (χ4n) is 2.97. The van der Waals surface area contributed by atoms with Crippen molar-refractivity contribution in [2.45, 2.75) is 37.0 Å². The van der Waals surface area contributed by atoms with E-state index >= 15 is 0 Å². The van der Waals surface area contributed by atoms with E-state index in [-0.39, 0.29) is 22.3 Å². The highest BCUT2D eigenvalue weighted by Crippen LogP contribution is 2.37. The van der Waals surface area contributed by atoms with Crippen molar-refractivity contribution < 1.29 is 18.3 Å². The molecule has 2 aromatic carbocycles. The second kappa shape index (κ2) is 6.28. The average molecular weight is 345 g/mol. The van der Waals surface area contributed by atoms with Crippen LogP contribution in [0, 0.1) is 6.92 Å². The lowest BCUT2D eigenvalue weighted by Gasteiger charge is -2.14. The van der Waals surface area contributed by atoms with Gasteiger partial charge in [0.15, 0.2) is 0 Å². The molecule has 1 aliphatic carbocycles. The zero-order chi connectivity index (χ0) is 17.3. The van der Waals surface area contributed by atoms with Gasteiger partial charge in [-0.25, -0.2) is 8.42 Å². The van der Waals surface area contributed by atoms with Crippen molar-refractivity contribution in [3.8, 4) is 5.75 Å². The lowest BCUT2D eigenvalue weighted by Crippen LogP contribution is -2.13. The number of carbonyl (C=O) groups excluding carboxylic acids is 1. The van der Waals surface area contributed by atoms with Crippen molar-refractivity contribution in [3.63, 3.8) is 0 Å². The molecule has 2 N–H and O–H groups in total. The molecule has 5 nitrogen and oxygen atoms in total. The Morgan fingerprint density at radius 1 is 1.12 bits per heavy atom. The number of Topliss-reactive ketones (excluding diaryl/α,β-unsaturated/α-hetero) is 1. The maximum absolute atomic E-state index is 12.5. The van der Waals surface area contributed by atoms with Gasteiger partial charge in [0, 0.05) is 23.6 Å². The largest absolute Gasteiger partial charge is 0.508 e. The molecular weight excluding hydrogens is 326 g/mol. The van der Waals surface area contributed by atoms with E-state index in [0.717, 1.165) is 12.0 Å². The topological polar surface area (TPSA) is 83.5 Å². The number of aromatic hydroxyl groups is 1. The van der Waals surface area contributed by atoms with Crippen LogP contribution in [0.25, 0.3) is 0 Å². The predicted molar refractivity (Wildman–Crippen MR) is 91.7 cm³/mol. The number of aryl methyl sites for hydroxylation is 1. The van der Waals surface area contributed by atoms with Crippen LogP contribution in [0.5, 0.6) is 5.75 Å². The Bertz CT molecular complexity index is 872. The molecule has 0 bridgehead atoms. The molecule has 0 aromatic heterocycles. The van der Waals surface area contributed by atoms with Crippen LogP contribution >= 0.6 is 0 Å². The van der Waals surface area contributed by atoms with Gasteiger partial charge in [0.1, 0.15) is 11.5 Å². The first-order chi connectivity index (χ1) is 11.4. The second-order valence-corrected chi connectivity index (χ2v) is 7.79. The second-order valence-electron chi connectivity index (χ2n) is 6.10. The first-order valence-electron chi connectivity index (χ1n) is 7.82. The van der Waals surface area contributed by atoms with Gasteiger partial charge in [-0.1, -0.05) is 17.7 Å². The Kier molecular flexibility index (Phi) is 4.32. The van der Waals surface area contributed by atoms with Crippen molar-refractivity contribution in [1.82, 2.24) is 0 Å². The first kappa shape index (κ1) is 16.5. The summed E-state index contributed by atoms with van der Waals surface area (Å²) in [6.45, 7) is 1.88. The van der Waals surface area contributed by atoms with E-state index in [1.165, 1.54) is 12.1 Å². The number of ketones is 1. The Labute approximate surface area is 141 Å². The lowest BCUT2D eigenvalue weighted by molar-refractivity contribution is -0.118. The highest BCUT2D eigenvalue weighted by molar-refractivity contribution is 7.92. The van der Waals surface area contributed by atoms with Crippen LogP contribution in [-0.4, -0.2) is 19.3 Å². The van der Waals surface area contributed by atoms with E-state index < -0.39 is 10.0 Å². The molecule has 0 radical (unpaired) electrons. The van der Waals surface area contributed by atoms with E-state index in [1.54, 1.807) is 30.3 Å². The molecule has 1 aliphatic rings. The van der Waals surface area contributed by atoms with Gasteiger partial charge in [-0.05, 0) is 50.1 Å². The molecule has 24 heavy (non-hydrogen) atoms. The predicted octanol–water partition coefficient (Wildman–Crippen LogP) is 3.34. The van der Waals surface area contributed by atoms with Gasteiger partial charge in [0.25, 0.3) is 10.0 Å². The van der Waals surface area contributed by atoms with Gasteiger partial charge < -0.3 is 5.11 Å². The van der Waals surface area contributed by atoms with Crippen molar-refractivity contribution in [1.29, 1.82) is 0 Å². The van der Waals surface area contributed by atoms with Crippen LogP contribution in [0.1, 0.15) is 36.3 Å². The summed E-state index contributed by atoms with van der Waals surface area (Å²) in [5.41, 5.74) is 1.80. The number of hydrogen-bond acceptors (Lipinski definition) is 4. The van der Waals surface area contributed by atoms with Crippen LogP contribution in [-0.2, 0) is 14.8 Å². The van der Waals surface area contributed by atoms with E-state index in [9.17, 15) is 18.3 Å². The average Bonchev–Trinajstić information content (AvgIpc) is 2.95. The molecule has 3 rings (SSSR count). The summed E-state index contributed by atoms with van der Waals surface area (Å²) >= 11 is 0. The van der Waals surface area contributed by atoms with Crippen molar-refractivity contribution >= 4 is 21.5 Å². The monoisotopic (exact) mass is 345 g/mol. The van der Waals surface area contributed by atoms with E-state index in [0.29, 0.717) is 24.1 Å². The Morgan fingerprint density at radius 2 is 1.83 bits per heavy atom. The first-order valence-corrected chi connectivity index (χ1v) is 9.30. The van der Waals surface area contributed by atoms with Crippen molar-refractivity contribution in [3.05, 3.63) is 53.6 Å². The molecule has 1 fully saturated rings. The molecule has 2 aromatic rings. The maximum Gasteiger partial charge on any atom is 0.261 e. The van der Waals surface area contributed by atoms with Gasteiger partial charge in [0.05, 0.1) is 4.90 Å². The fraction of sp³-hybridized carbons (Fsp3) is 0.278. The van der Waals surface area contributed by atoms with Crippen molar-refractivity contribution in [2.75, 3.05) is 4.72 Å². The molecule has 1 saturated carbocycles. The molecule has 126 valence electrons. The number of phenolic OH excluding ortho intramolecular Hbond substituents is 1. The van der Waals surface area contributed by atoms with Gasteiger partial charge in [-0.2, -0.15) is 0 Å². The number of nitrogens with one attached hydrogen (secondary N) is 1. The lowest BCUT2D eigenvalue weighted by atomic mass is 9.95. The molecule has 6 heteroatoms. The highest BCUT2D eigenvalue weighted by atomic mass is 32.2. The summed E-state index contributed by atoms with van der Waals surface area (Å²) in [6.07, 6.45) is 1.98. The number of carbonyl (C=O) groups is 1. The zero-order valence-electron chi connectivity index (χ0n) is 13.3. The Morgan fingerprint density at radius 3 is 2.46 bits per heavy atom. The van der Waals surface area contributed by atoms with Gasteiger partial charge >= 0.3 is 0 Å². The SMILES string of the molecule is Cc1ccc(S(=O)(=O)Nc2ccc(O)c(C3CCCC3=O)c2)cc1. The molecule has 0 spiro atoms. The molecule has 0 saturated heterocycles. The van der Waals surface area contributed by atoms with Crippen LogP contribution in [0.4, 0.5) is 5.69 Å². The number of hydrogen-bond donors (Lipinski definition) is 2. The number of benzene rings is 2. The minimum absolute atomic E-state index is 0.0218. The van der Waals surface area contributed by atoms with Crippen molar-refractivity contribution in [2.24, 2.45) is 0 Å². The van der Waals surface area contributed by atoms with E-state index in [2.05, 4.69) is 4.72 Å². The van der Waals surface area contributed by atoms with Crippen LogP contribution in [0.3, 0.4) is 0 Å². The van der Waals surface area contributed by atoms with E-state index in [1.807, 2.05) is 6.92 Å². The van der Waals surface area contributed by atoms with Gasteiger partial charge in [0.2, 0.25) is 0 Å². The normalized spacial score (nSPS) is 17.9. The third-order valence-electron chi connectivity index (χ3n) is 4.29. The molecule has 0 amide bonds. The smallest absolute Gasteiger partial charge is 0.261 e. The minimum atomic E-state index is -3.71. The summed E-state index contributed by atoms with van der Waals surface area (Å²) < 4.78 is 27.4. The molecule has 0 heterocycles. The van der Waals surface area contributed by atoms with Crippen LogP contribution < -0.4 is 4.72 Å². The van der Waals surface area contributed by atoms with Gasteiger partial charge in [-0.15, -0.1) is 0 Å². The summed E-state index contributed by atoms with van der Waals surface area (Å²) in [4.78, 5) is 12.1. The molecular formula is C18H19NO4S. The number of sulfonamides is 1. The van der Waals surface area contributed by atoms with E-state index in [4.69, 9.17) is 0 Å². The van der Waals surface area contributed by atoms with Crippen LogP contribution in [0.2, 0.25) is 0 Å². The summed E-state index contributed by atoms with van der Waals surface area (Å²) in [6, 6.07) is 11.0. The molecule has 1 atom stereocenters. The third kappa shape index (κ3) is 3.28. The summed E-state index contributed by atoms with van der Waals surface area (Å²) in [5, 5.41) is 10.0. The fourth-order valence-corrected chi connectivity index (χ4v) is 4.02. The highest BCUT2D eigenvalue weighted by Gasteiger charge is 2.28. The standard InChI is InChI=1S/C18H19NO4S/c1-12-5-8-14(9-6-12)24(22,23)19-13-7-10-18(21)16(11-13)15-3-2-4-17(15)20/h5-11,15,19,21H,2-4H2,1H3. The quantitative estimate of drug-likeness (QED) is 0.833. The molecule has 0 aliphatic heterocycles. The third-order valence-corrected chi connectivity index (χ3v) is 5.69. The maximum atomic E-state index is 12.5. The number of rotatable bonds is 4. The van der Waals surface area contributed by atoms with Gasteiger partial charge in [-0.3, -0.25) is 9.52 Å². The minimum Gasteiger partial charge on any atom is -0.508 e. The Balaban J connectivity index is 1.90. The summed E-state index contributed by atoms with van der Waals surface area (Å²) in [5.74, 6) is -0.244. The number of anilines is 1. The van der Waals surface area contributed by atoms with Crippen LogP contribution in [0.15, 0.2) is 47.4 Å². The number of phenols is 1. The molecule has 1 unspecified atom stereocenters. The summed E-state index contributed by atoms with van der Waals surface area (Å²) in [7, 11) is -3.71.